The minimum Gasteiger partial charge on any atom is -0.477 e. The van der Waals surface area contributed by atoms with E-state index in [1.165, 1.54) is 6.92 Å². The molecule has 0 fully saturated rings. The van der Waals surface area contributed by atoms with E-state index in [-0.39, 0.29) is 18.1 Å². The van der Waals surface area contributed by atoms with Crippen LogP contribution < -0.4 is 0 Å². The Morgan fingerprint density at radius 1 is 1.08 bits per heavy atom. The zero-order chi connectivity index (χ0) is 27.0. The molecule has 2 N–H and O–H groups in total. The van der Waals surface area contributed by atoms with Gasteiger partial charge in [-0.05, 0) is 41.3 Å². The van der Waals surface area contributed by atoms with Crippen LogP contribution in [0, 0.1) is 0 Å². The number of rotatable bonds is 8. The molecule has 2 aromatic carbocycles. The Bertz CT molecular complexity index is 1400. The van der Waals surface area contributed by atoms with Crippen LogP contribution in [0.25, 0.3) is 22.5 Å². The monoisotopic (exact) mass is 520 g/mol. The van der Waals surface area contributed by atoms with Crippen LogP contribution in [0.1, 0.15) is 53.9 Å². The number of aromatic carboxylic acids is 1. The molecule has 4 rings (SSSR count). The Morgan fingerprint density at radius 2 is 1.78 bits per heavy atom. The molecule has 37 heavy (non-hydrogen) atoms. The van der Waals surface area contributed by atoms with E-state index in [0.29, 0.717) is 23.1 Å². The zero-order valence-corrected chi connectivity index (χ0v) is 19.6. The highest BCUT2D eigenvalue weighted by atomic mass is 19.4. The fraction of sp³-hybridized carbons (Fsp3) is 0.292. The molecule has 13 heteroatoms. The Hall–Kier alpha value is -4.16. The molecule has 0 aliphatic carbocycles. The number of benzene rings is 2. The van der Waals surface area contributed by atoms with Crippen LogP contribution in [0.2, 0.25) is 0 Å². The van der Waals surface area contributed by atoms with Crippen molar-refractivity contribution < 1.29 is 31.9 Å². The highest BCUT2D eigenvalue weighted by molar-refractivity contribution is 5.88. The van der Waals surface area contributed by atoms with Crippen molar-refractivity contribution in [2.75, 3.05) is 0 Å². The molecule has 4 aromatic rings. The van der Waals surface area contributed by atoms with Crippen LogP contribution in [0.5, 0.6) is 0 Å². The van der Waals surface area contributed by atoms with Crippen LogP contribution in [-0.4, -0.2) is 47.4 Å². The fourth-order valence-corrected chi connectivity index (χ4v) is 4.15. The van der Waals surface area contributed by atoms with Gasteiger partial charge in [0.05, 0.1) is 6.04 Å². The van der Waals surface area contributed by atoms with E-state index >= 15 is 0 Å². The lowest BCUT2D eigenvalue weighted by atomic mass is 9.94. The number of aryl methyl sites for hydroxylation is 1. The number of carboxylic acid groups (broad SMARTS) is 1. The molecule has 0 amide bonds. The second-order valence-electron chi connectivity index (χ2n) is 8.30. The Labute approximate surface area is 207 Å². The first-order valence-corrected chi connectivity index (χ1v) is 11.2. The zero-order valence-electron chi connectivity index (χ0n) is 19.6. The predicted molar refractivity (Wildman–Crippen MR) is 122 cm³/mol. The van der Waals surface area contributed by atoms with Gasteiger partial charge in [-0.3, -0.25) is 0 Å². The summed E-state index contributed by atoms with van der Waals surface area (Å²) >= 11 is 0. The van der Waals surface area contributed by atoms with E-state index in [9.17, 15) is 31.9 Å². The van der Waals surface area contributed by atoms with Gasteiger partial charge in [0.2, 0.25) is 5.82 Å². The normalized spacial score (nSPS) is 13.1. The number of nitrogens with one attached hydrogen (secondary N) is 1. The minimum atomic E-state index is -6.02. The van der Waals surface area contributed by atoms with Crippen molar-refractivity contribution in [2.45, 2.75) is 44.8 Å². The van der Waals surface area contributed by atoms with Crippen LogP contribution in [-0.2, 0) is 12.3 Å². The average molecular weight is 520 g/mol. The lowest BCUT2D eigenvalue weighted by molar-refractivity contribution is -0.291. The van der Waals surface area contributed by atoms with Gasteiger partial charge in [-0.15, -0.1) is 10.2 Å². The van der Waals surface area contributed by atoms with Crippen molar-refractivity contribution in [2.24, 2.45) is 0 Å². The van der Waals surface area contributed by atoms with Crippen molar-refractivity contribution in [3.05, 3.63) is 71.3 Å². The third kappa shape index (κ3) is 4.68. The van der Waals surface area contributed by atoms with Crippen molar-refractivity contribution in [1.82, 2.24) is 30.2 Å². The molecule has 0 radical (unpaired) electrons. The molecule has 0 spiro atoms. The predicted octanol–water partition coefficient (Wildman–Crippen LogP) is 5.64. The second-order valence-corrected chi connectivity index (χ2v) is 8.30. The lowest BCUT2D eigenvalue weighted by Gasteiger charge is -2.22. The van der Waals surface area contributed by atoms with E-state index in [0.717, 1.165) is 10.1 Å². The lowest BCUT2D eigenvalue weighted by Crippen LogP contribution is -2.36. The van der Waals surface area contributed by atoms with Gasteiger partial charge in [0.1, 0.15) is 5.82 Å². The van der Waals surface area contributed by atoms with Gasteiger partial charge < -0.3 is 9.67 Å². The summed E-state index contributed by atoms with van der Waals surface area (Å²) in [5.41, 5.74) is -0.611. The van der Waals surface area contributed by atoms with E-state index in [1.54, 1.807) is 25.1 Å². The largest absolute Gasteiger partial charge is 0.477 e. The standard InChI is InChI=1S/C24H21F5N6O2/c1-3-7-18-30-20(23(25,26)24(27,28)29)19(22(36)37)35(18)13(2)15-10-11-16(14-8-5-4-6-9-14)17(12-15)21-31-33-34-32-21/h4-6,8-13H,3,7H2,1-2H3,(H,36,37)(H,31,32,33,34). The van der Waals surface area contributed by atoms with E-state index in [1.807, 2.05) is 30.3 Å². The Kier molecular flexibility index (Phi) is 6.80. The highest BCUT2D eigenvalue weighted by Gasteiger charge is 2.62. The van der Waals surface area contributed by atoms with Gasteiger partial charge in [0, 0.05) is 12.0 Å². The number of carbonyl (C=O) groups is 1. The number of halogens is 5. The first-order valence-electron chi connectivity index (χ1n) is 11.2. The summed E-state index contributed by atoms with van der Waals surface area (Å²) in [6.45, 7) is 3.18. The quantitative estimate of drug-likeness (QED) is 0.291. The Balaban J connectivity index is 1.92. The number of hydrogen-bond acceptors (Lipinski definition) is 5. The third-order valence-electron chi connectivity index (χ3n) is 5.90. The summed E-state index contributed by atoms with van der Waals surface area (Å²) in [6, 6.07) is 13.2. The molecule has 8 nitrogen and oxygen atoms in total. The van der Waals surface area contributed by atoms with Crippen molar-refractivity contribution in [1.29, 1.82) is 0 Å². The molecule has 0 aliphatic heterocycles. The number of aromatic nitrogens is 6. The molecule has 0 bridgehead atoms. The number of hydrogen-bond donors (Lipinski definition) is 2. The third-order valence-corrected chi connectivity index (χ3v) is 5.90. The molecule has 0 aliphatic rings. The molecule has 1 atom stereocenters. The summed E-state index contributed by atoms with van der Waals surface area (Å²) in [6.07, 6.45) is -5.70. The number of tetrazole rings is 1. The van der Waals surface area contributed by atoms with Gasteiger partial charge in [0.15, 0.2) is 11.4 Å². The second kappa shape index (κ2) is 9.71. The van der Waals surface area contributed by atoms with Crippen LogP contribution in [0.15, 0.2) is 48.5 Å². The number of aromatic amines is 1. The molecule has 0 saturated carbocycles. The SMILES string of the molecule is CCCc1nc(C(F)(F)C(F)(F)F)c(C(=O)O)n1C(C)c1ccc(-c2ccccc2)c(-c2nn[nH]n2)c1. The maximum absolute atomic E-state index is 14.4. The number of carboxylic acids is 1. The molecule has 2 heterocycles. The van der Waals surface area contributed by atoms with Gasteiger partial charge in [-0.1, -0.05) is 49.4 Å². The van der Waals surface area contributed by atoms with Crippen molar-refractivity contribution in [3.63, 3.8) is 0 Å². The smallest absolute Gasteiger partial charge is 0.459 e. The summed E-state index contributed by atoms with van der Waals surface area (Å²) < 4.78 is 69.3. The summed E-state index contributed by atoms with van der Waals surface area (Å²) in [5.74, 6) is -7.38. The maximum atomic E-state index is 14.4. The van der Waals surface area contributed by atoms with Gasteiger partial charge in [0.25, 0.3) is 0 Å². The molecule has 1 unspecified atom stereocenters. The number of H-pyrrole nitrogens is 1. The Morgan fingerprint density at radius 3 is 2.35 bits per heavy atom. The van der Waals surface area contributed by atoms with E-state index < -0.39 is 35.5 Å². The van der Waals surface area contributed by atoms with Crippen LogP contribution in [0.4, 0.5) is 22.0 Å². The van der Waals surface area contributed by atoms with Crippen molar-refractivity contribution in [3.8, 4) is 22.5 Å². The summed E-state index contributed by atoms with van der Waals surface area (Å²) in [7, 11) is 0. The van der Waals surface area contributed by atoms with Crippen LogP contribution >= 0.6 is 0 Å². The van der Waals surface area contributed by atoms with Crippen LogP contribution in [0.3, 0.4) is 0 Å². The number of alkyl halides is 5. The minimum absolute atomic E-state index is 0.0155. The van der Waals surface area contributed by atoms with Gasteiger partial charge >= 0.3 is 18.1 Å². The first-order chi connectivity index (χ1) is 17.5. The molecular weight excluding hydrogens is 499 g/mol. The van der Waals surface area contributed by atoms with Gasteiger partial charge in [-0.25, -0.2) is 9.78 Å². The average Bonchev–Trinajstić information content (AvgIpc) is 3.52. The molecular formula is C24H21F5N6O2. The fourth-order valence-electron chi connectivity index (χ4n) is 4.15. The van der Waals surface area contributed by atoms with E-state index in [2.05, 4.69) is 25.6 Å². The highest BCUT2D eigenvalue weighted by Crippen LogP contribution is 2.46. The molecule has 0 saturated heterocycles. The maximum Gasteiger partial charge on any atom is 0.459 e. The van der Waals surface area contributed by atoms with Crippen molar-refractivity contribution >= 4 is 5.97 Å². The number of imidazole rings is 1. The molecule has 2 aromatic heterocycles. The van der Waals surface area contributed by atoms with E-state index in [4.69, 9.17) is 0 Å². The molecule has 194 valence electrons. The van der Waals surface area contributed by atoms with Gasteiger partial charge in [-0.2, -0.15) is 27.2 Å². The topological polar surface area (TPSA) is 110 Å². The number of nitrogens with zero attached hydrogens (tertiary/aromatic N) is 5. The first kappa shape index (κ1) is 25.9. The summed E-state index contributed by atoms with van der Waals surface area (Å²) in [5, 5.41) is 23.7. The summed E-state index contributed by atoms with van der Waals surface area (Å²) in [4.78, 5) is 15.6.